The number of nitrogens with one attached hydrogen (secondary N) is 3. The SMILES string of the molecule is COc1ccc(/C=C/C(=O)NC(=S)NNC(=O)c2ccccc2OCc2ccccc2)cc1. The van der Waals surface area contributed by atoms with Crippen molar-refractivity contribution in [2.45, 2.75) is 6.61 Å². The molecular formula is C25H23N3O4S. The van der Waals surface area contributed by atoms with Crippen LogP contribution < -0.4 is 25.6 Å². The first-order chi connectivity index (χ1) is 16.0. The number of para-hydroxylation sites is 1. The lowest BCUT2D eigenvalue weighted by Gasteiger charge is -2.13. The summed E-state index contributed by atoms with van der Waals surface area (Å²) in [5.41, 5.74) is 7.12. The second kappa shape index (κ2) is 12.0. The van der Waals surface area contributed by atoms with Crippen molar-refractivity contribution in [3.63, 3.8) is 0 Å². The van der Waals surface area contributed by atoms with Crippen molar-refractivity contribution in [1.29, 1.82) is 0 Å². The van der Waals surface area contributed by atoms with Gasteiger partial charge in [0.2, 0.25) is 5.91 Å². The number of amides is 2. The maximum atomic E-state index is 12.6. The monoisotopic (exact) mass is 461 g/mol. The molecule has 3 aromatic carbocycles. The molecule has 3 rings (SSSR count). The van der Waals surface area contributed by atoms with Gasteiger partial charge in [-0.1, -0.05) is 54.6 Å². The lowest BCUT2D eigenvalue weighted by molar-refractivity contribution is -0.115. The molecule has 0 heterocycles. The van der Waals surface area contributed by atoms with Gasteiger partial charge in [-0.3, -0.25) is 25.8 Å². The molecule has 0 bridgehead atoms. The molecule has 0 spiro atoms. The Morgan fingerprint density at radius 2 is 1.61 bits per heavy atom. The molecule has 168 valence electrons. The first-order valence-corrected chi connectivity index (χ1v) is 10.4. The average molecular weight is 462 g/mol. The van der Waals surface area contributed by atoms with Gasteiger partial charge in [0.15, 0.2) is 5.11 Å². The van der Waals surface area contributed by atoms with Crippen LogP contribution in [0.5, 0.6) is 11.5 Å². The molecule has 0 aromatic heterocycles. The summed E-state index contributed by atoms with van der Waals surface area (Å²) in [5, 5.41) is 2.42. The maximum absolute atomic E-state index is 12.6. The van der Waals surface area contributed by atoms with Crippen LogP contribution in [0.3, 0.4) is 0 Å². The molecule has 0 saturated carbocycles. The van der Waals surface area contributed by atoms with Gasteiger partial charge >= 0.3 is 0 Å². The van der Waals surface area contributed by atoms with Crippen molar-refractivity contribution in [3.05, 3.63) is 102 Å². The van der Waals surface area contributed by atoms with Crippen molar-refractivity contribution >= 4 is 35.2 Å². The van der Waals surface area contributed by atoms with Gasteiger partial charge < -0.3 is 9.47 Å². The van der Waals surface area contributed by atoms with E-state index in [1.54, 1.807) is 49.6 Å². The minimum atomic E-state index is -0.455. The van der Waals surface area contributed by atoms with Crippen LogP contribution in [-0.4, -0.2) is 24.0 Å². The van der Waals surface area contributed by atoms with E-state index in [9.17, 15) is 9.59 Å². The van der Waals surface area contributed by atoms with Crippen molar-refractivity contribution in [1.82, 2.24) is 16.2 Å². The Bertz CT molecular complexity index is 1130. The predicted octanol–water partition coefficient (Wildman–Crippen LogP) is 3.62. The molecular weight excluding hydrogens is 438 g/mol. The van der Waals surface area contributed by atoms with Crippen LogP contribution in [0, 0.1) is 0 Å². The Hall–Kier alpha value is -4.17. The summed E-state index contributed by atoms with van der Waals surface area (Å²) in [6.45, 7) is 0.327. The van der Waals surface area contributed by atoms with E-state index in [1.165, 1.54) is 6.08 Å². The van der Waals surface area contributed by atoms with Crippen LogP contribution in [0.1, 0.15) is 21.5 Å². The zero-order chi connectivity index (χ0) is 23.5. The van der Waals surface area contributed by atoms with Gasteiger partial charge in [-0.05, 0) is 53.7 Å². The number of methoxy groups -OCH3 is 1. The fourth-order valence-corrected chi connectivity index (χ4v) is 2.92. The van der Waals surface area contributed by atoms with E-state index in [2.05, 4.69) is 16.2 Å². The van der Waals surface area contributed by atoms with Crippen molar-refractivity contribution in [3.8, 4) is 11.5 Å². The maximum Gasteiger partial charge on any atom is 0.273 e. The third-order valence-electron chi connectivity index (χ3n) is 4.44. The van der Waals surface area contributed by atoms with Crippen LogP contribution >= 0.6 is 12.2 Å². The summed E-state index contributed by atoms with van der Waals surface area (Å²) in [6.07, 6.45) is 2.97. The smallest absolute Gasteiger partial charge is 0.273 e. The Morgan fingerprint density at radius 1 is 0.909 bits per heavy atom. The highest BCUT2D eigenvalue weighted by molar-refractivity contribution is 7.80. The molecule has 0 fully saturated rings. The summed E-state index contributed by atoms with van der Waals surface area (Å²) in [4.78, 5) is 24.6. The lowest BCUT2D eigenvalue weighted by atomic mass is 10.2. The normalized spacial score (nSPS) is 10.3. The largest absolute Gasteiger partial charge is 0.497 e. The van der Waals surface area contributed by atoms with Gasteiger partial charge in [0.1, 0.15) is 18.1 Å². The zero-order valence-corrected chi connectivity index (χ0v) is 18.7. The second-order valence-electron chi connectivity index (χ2n) is 6.77. The highest BCUT2D eigenvalue weighted by Gasteiger charge is 2.13. The van der Waals surface area contributed by atoms with E-state index < -0.39 is 11.8 Å². The fraction of sp³-hybridized carbons (Fsp3) is 0.0800. The van der Waals surface area contributed by atoms with Crippen LogP contribution in [0.15, 0.2) is 84.9 Å². The topological polar surface area (TPSA) is 88.7 Å². The molecule has 0 unspecified atom stereocenters. The van der Waals surface area contributed by atoms with E-state index in [-0.39, 0.29) is 5.11 Å². The average Bonchev–Trinajstić information content (AvgIpc) is 2.86. The third kappa shape index (κ3) is 7.48. The number of rotatable bonds is 7. The first kappa shape index (κ1) is 23.5. The molecule has 2 amide bonds. The van der Waals surface area contributed by atoms with Crippen LogP contribution in [0.25, 0.3) is 6.08 Å². The van der Waals surface area contributed by atoms with Gasteiger partial charge in [0.05, 0.1) is 12.7 Å². The van der Waals surface area contributed by atoms with Crippen molar-refractivity contribution < 1.29 is 19.1 Å². The number of carbonyl (C=O) groups is 2. The minimum absolute atomic E-state index is 0.0459. The molecule has 0 radical (unpaired) electrons. The predicted molar refractivity (Wildman–Crippen MR) is 131 cm³/mol. The van der Waals surface area contributed by atoms with Crippen LogP contribution in [-0.2, 0) is 11.4 Å². The quantitative estimate of drug-likeness (QED) is 0.283. The number of hydrogen-bond acceptors (Lipinski definition) is 5. The third-order valence-corrected chi connectivity index (χ3v) is 4.64. The van der Waals surface area contributed by atoms with Crippen molar-refractivity contribution in [2.75, 3.05) is 7.11 Å². The van der Waals surface area contributed by atoms with Crippen molar-refractivity contribution in [2.24, 2.45) is 0 Å². The second-order valence-corrected chi connectivity index (χ2v) is 7.18. The molecule has 3 N–H and O–H groups in total. The van der Waals surface area contributed by atoms with Gasteiger partial charge in [0.25, 0.3) is 5.91 Å². The van der Waals surface area contributed by atoms with Crippen LogP contribution in [0.2, 0.25) is 0 Å². The molecule has 8 heteroatoms. The summed E-state index contributed by atoms with van der Waals surface area (Å²) in [6, 6.07) is 23.7. The zero-order valence-electron chi connectivity index (χ0n) is 17.9. The highest BCUT2D eigenvalue weighted by Crippen LogP contribution is 2.19. The summed E-state index contributed by atoms with van der Waals surface area (Å²) >= 11 is 5.07. The number of carbonyl (C=O) groups excluding carboxylic acids is 2. The Labute approximate surface area is 197 Å². The van der Waals surface area contributed by atoms with Gasteiger partial charge in [-0.2, -0.15) is 0 Å². The van der Waals surface area contributed by atoms with E-state index in [4.69, 9.17) is 21.7 Å². The summed E-state index contributed by atoms with van der Waals surface area (Å²) in [7, 11) is 1.58. The van der Waals surface area contributed by atoms with E-state index in [0.717, 1.165) is 16.9 Å². The Morgan fingerprint density at radius 3 is 2.33 bits per heavy atom. The van der Waals surface area contributed by atoms with E-state index in [0.29, 0.717) is 17.9 Å². The molecule has 3 aromatic rings. The number of thiocarbonyl (C=S) groups is 1. The van der Waals surface area contributed by atoms with Gasteiger partial charge in [-0.15, -0.1) is 0 Å². The molecule has 0 aliphatic rings. The van der Waals surface area contributed by atoms with E-state index >= 15 is 0 Å². The molecule has 33 heavy (non-hydrogen) atoms. The Balaban J connectivity index is 1.49. The number of hydrazine groups is 1. The fourth-order valence-electron chi connectivity index (χ4n) is 2.77. The number of hydrogen-bond donors (Lipinski definition) is 3. The molecule has 7 nitrogen and oxygen atoms in total. The van der Waals surface area contributed by atoms with Gasteiger partial charge in [0, 0.05) is 6.08 Å². The standard InChI is InChI=1S/C25H23N3O4S/c1-31-20-14-11-18(12-15-20)13-16-23(29)26-25(33)28-27-24(30)21-9-5-6-10-22(21)32-17-19-7-3-2-4-8-19/h2-16H,17H2,1H3,(H,27,30)(H2,26,28,29,33)/b16-13+. The molecule has 0 aliphatic heterocycles. The van der Waals surface area contributed by atoms with Crippen LogP contribution in [0.4, 0.5) is 0 Å². The number of benzene rings is 3. The lowest BCUT2D eigenvalue weighted by Crippen LogP contribution is -2.48. The number of ether oxygens (including phenoxy) is 2. The minimum Gasteiger partial charge on any atom is -0.497 e. The highest BCUT2D eigenvalue weighted by atomic mass is 32.1. The first-order valence-electron chi connectivity index (χ1n) is 10.0. The molecule has 0 atom stereocenters. The Kier molecular flexibility index (Phi) is 8.55. The molecule has 0 saturated heterocycles. The summed E-state index contributed by atoms with van der Waals surface area (Å²) < 4.78 is 10.9. The summed E-state index contributed by atoms with van der Waals surface area (Å²) in [5.74, 6) is 0.260. The molecule has 0 aliphatic carbocycles. The van der Waals surface area contributed by atoms with Gasteiger partial charge in [-0.25, -0.2) is 0 Å². The van der Waals surface area contributed by atoms with E-state index in [1.807, 2.05) is 42.5 Å².